The number of hydrogen-bond acceptors (Lipinski definition) is 3. The minimum absolute atomic E-state index is 0.117. The summed E-state index contributed by atoms with van der Waals surface area (Å²) < 4.78 is 0. The van der Waals surface area contributed by atoms with E-state index < -0.39 is 0 Å². The zero-order chi connectivity index (χ0) is 15.5. The number of nitrogens with one attached hydrogen (secondary N) is 1. The summed E-state index contributed by atoms with van der Waals surface area (Å²) in [5, 5.41) is 13.3. The quantitative estimate of drug-likeness (QED) is 0.896. The topological polar surface area (TPSA) is 65.5 Å². The molecule has 0 saturated carbocycles. The number of urea groups is 1. The number of para-hydroxylation sites is 1. The van der Waals surface area contributed by atoms with Gasteiger partial charge in [-0.15, -0.1) is 0 Å². The number of pyridine rings is 1. The minimum Gasteiger partial charge on any atom is -0.396 e. The van der Waals surface area contributed by atoms with Crippen molar-refractivity contribution in [2.75, 3.05) is 25.0 Å². The van der Waals surface area contributed by atoms with Crippen molar-refractivity contribution in [3.63, 3.8) is 0 Å². The number of carbonyl (C=O) groups is 1. The van der Waals surface area contributed by atoms with E-state index in [9.17, 15) is 9.90 Å². The van der Waals surface area contributed by atoms with Crippen LogP contribution in [-0.4, -0.2) is 40.7 Å². The number of anilines is 1. The molecule has 2 aromatic rings. The first-order chi connectivity index (χ1) is 10.7. The lowest BCUT2D eigenvalue weighted by Crippen LogP contribution is -2.43. The Balaban J connectivity index is 1.80. The van der Waals surface area contributed by atoms with Crippen molar-refractivity contribution < 1.29 is 9.90 Å². The highest BCUT2D eigenvalue weighted by Gasteiger charge is 2.23. The highest BCUT2D eigenvalue weighted by Crippen LogP contribution is 2.23. The number of aliphatic hydroxyl groups is 1. The molecule has 0 bridgehead atoms. The van der Waals surface area contributed by atoms with Crippen molar-refractivity contribution in [3.8, 4) is 0 Å². The number of amides is 2. The Morgan fingerprint density at radius 3 is 3.09 bits per heavy atom. The van der Waals surface area contributed by atoms with Gasteiger partial charge in [-0.05, 0) is 37.8 Å². The van der Waals surface area contributed by atoms with Crippen molar-refractivity contribution >= 4 is 22.6 Å². The average molecular weight is 299 g/mol. The van der Waals surface area contributed by atoms with Crippen LogP contribution >= 0.6 is 0 Å². The van der Waals surface area contributed by atoms with E-state index >= 15 is 0 Å². The molecule has 22 heavy (non-hydrogen) atoms. The molecule has 1 atom stereocenters. The van der Waals surface area contributed by atoms with Gasteiger partial charge in [-0.2, -0.15) is 0 Å². The first-order valence-electron chi connectivity index (χ1n) is 7.70. The average Bonchev–Trinajstić information content (AvgIpc) is 2.55. The lowest BCUT2D eigenvalue weighted by atomic mass is 9.99. The molecule has 0 aliphatic carbocycles. The van der Waals surface area contributed by atoms with Crippen LogP contribution in [0.4, 0.5) is 10.5 Å². The second-order valence-electron chi connectivity index (χ2n) is 5.90. The maximum atomic E-state index is 12.5. The number of aromatic nitrogens is 1. The van der Waals surface area contributed by atoms with Gasteiger partial charge in [0.05, 0.1) is 11.2 Å². The van der Waals surface area contributed by atoms with E-state index in [4.69, 9.17) is 0 Å². The van der Waals surface area contributed by atoms with E-state index in [1.165, 1.54) is 0 Å². The van der Waals surface area contributed by atoms with Crippen LogP contribution in [0.25, 0.3) is 10.9 Å². The van der Waals surface area contributed by atoms with Gasteiger partial charge in [0.2, 0.25) is 0 Å². The van der Waals surface area contributed by atoms with Crippen molar-refractivity contribution in [1.29, 1.82) is 0 Å². The summed E-state index contributed by atoms with van der Waals surface area (Å²) in [5.74, 6) is 0.187. The van der Waals surface area contributed by atoms with E-state index in [0.29, 0.717) is 6.54 Å². The number of piperidine rings is 1. The number of rotatable bonds is 2. The van der Waals surface area contributed by atoms with Crippen LogP contribution in [0.5, 0.6) is 0 Å². The summed E-state index contributed by atoms with van der Waals surface area (Å²) in [6.45, 7) is 3.42. The number of aryl methyl sites for hydroxylation is 1. The summed E-state index contributed by atoms with van der Waals surface area (Å²) in [6.07, 6.45) is 1.92. The standard InChI is InChI=1S/C17H21N3O2/c1-12-7-8-14-5-2-6-15(16(14)18-12)19-17(22)20-9-3-4-13(10-20)11-21/h2,5-8,13,21H,3-4,9-11H2,1H3,(H,19,22). The van der Waals surface area contributed by atoms with Crippen LogP contribution in [0.3, 0.4) is 0 Å². The highest BCUT2D eigenvalue weighted by molar-refractivity contribution is 5.99. The van der Waals surface area contributed by atoms with Gasteiger partial charge >= 0.3 is 6.03 Å². The smallest absolute Gasteiger partial charge is 0.321 e. The van der Waals surface area contributed by atoms with E-state index in [2.05, 4.69) is 10.3 Å². The fraction of sp³-hybridized carbons (Fsp3) is 0.412. The highest BCUT2D eigenvalue weighted by atomic mass is 16.3. The predicted molar refractivity (Wildman–Crippen MR) is 86.9 cm³/mol. The number of likely N-dealkylation sites (tertiary alicyclic amines) is 1. The molecular weight excluding hydrogens is 278 g/mol. The van der Waals surface area contributed by atoms with Crippen LogP contribution in [0.15, 0.2) is 30.3 Å². The molecule has 0 spiro atoms. The van der Waals surface area contributed by atoms with Crippen LogP contribution < -0.4 is 5.32 Å². The van der Waals surface area contributed by atoms with E-state index in [1.54, 1.807) is 4.90 Å². The van der Waals surface area contributed by atoms with Gasteiger partial charge in [-0.1, -0.05) is 18.2 Å². The SMILES string of the molecule is Cc1ccc2cccc(NC(=O)N3CCCC(CO)C3)c2n1. The monoisotopic (exact) mass is 299 g/mol. The first-order valence-corrected chi connectivity index (χ1v) is 7.70. The van der Waals surface area contributed by atoms with Crippen LogP contribution in [-0.2, 0) is 0 Å². The zero-order valence-electron chi connectivity index (χ0n) is 12.7. The number of carbonyl (C=O) groups excluding carboxylic acids is 1. The van der Waals surface area contributed by atoms with Gasteiger partial charge in [0.25, 0.3) is 0 Å². The van der Waals surface area contributed by atoms with Crippen molar-refractivity contribution in [2.24, 2.45) is 5.92 Å². The molecule has 1 saturated heterocycles. The van der Waals surface area contributed by atoms with Crippen LogP contribution in [0, 0.1) is 12.8 Å². The third-order valence-electron chi connectivity index (χ3n) is 4.17. The predicted octanol–water partition coefficient (Wildman–Crippen LogP) is 2.78. The van der Waals surface area contributed by atoms with E-state index in [0.717, 1.165) is 41.7 Å². The Morgan fingerprint density at radius 1 is 1.41 bits per heavy atom. The Morgan fingerprint density at radius 2 is 2.27 bits per heavy atom. The summed E-state index contributed by atoms with van der Waals surface area (Å²) in [7, 11) is 0. The zero-order valence-corrected chi connectivity index (χ0v) is 12.7. The molecule has 1 aliphatic heterocycles. The Labute approximate surface area is 130 Å². The molecule has 2 N–H and O–H groups in total. The third-order valence-corrected chi connectivity index (χ3v) is 4.17. The summed E-state index contributed by atoms with van der Waals surface area (Å²) in [4.78, 5) is 18.8. The second kappa shape index (κ2) is 6.32. The first kappa shape index (κ1) is 14.8. The third kappa shape index (κ3) is 3.04. The molecule has 1 fully saturated rings. The van der Waals surface area contributed by atoms with Crippen molar-refractivity contribution in [2.45, 2.75) is 19.8 Å². The number of benzene rings is 1. The van der Waals surface area contributed by atoms with E-state index in [1.807, 2.05) is 37.3 Å². The van der Waals surface area contributed by atoms with E-state index in [-0.39, 0.29) is 18.6 Å². The summed E-state index contributed by atoms with van der Waals surface area (Å²) in [6, 6.07) is 9.64. The molecule has 2 heterocycles. The fourth-order valence-electron chi connectivity index (χ4n) is 2.94. The molecule has 1 unspecified atom stereocenters. The number of fused-ring (bicyclic) bond motifs is 1. The summed E-state index contributed by atoms with van der Waals surface area (Å²) >= 11 is 0. The lowest BCUT2D eigenvalue weighted by Gasteiger charge is -2.31. The Hall–Kier alpha value is -2.14. The molecule has 5 heteroatoms. The van der Waals surface area contributed by atoms with Crippen molar-refractivity contribution in [1.82, 2.24) is 9.88 Å². The molecule has 116 valence electrons. The Kier molecular flexibility index (Phi) is 4.24. The molecule has 3 rings (SSSR count). The largest absolute Gasteiger partial charge is 0.396 e. The molecular formula is C17H21N3O2. The maximum Gasteiger partial charge on any atom is 0.321 e. The van der Waals surface area contributed by atoms with Gasteiger partial charge in [0, 0.05) is 30.8 Å². The molecule has 0 radical (unpaired) electrons. The Bertz CT molecular complexity index is 687. The van der Waals surface area contributed by atoms with Gasteiger partial charge in [-0.3, -0.25) is 4.98 Å². The van der Waals surface area contributed by atoms with Crippen LogP contribution in [0.2, 0.25) is 0 Å². The number of nitrogens with zero attached hydrogens (tertiary/aromatic N) is 2. The fourth-order valence-corrected chi connectivity index (χ4v) is 2.94. The summed E-state index contributed by atoms with van der Waals surface area (Å²) in [5.41, 5.74) is 2.47. The van der Waals surface area contributed by atoms with Gasteiger partial charge < -0.3 is 15.3 Å². The van der Waals surface area contributed by atoms with Gasteiger partial charge in [-0.25, -0.2) is 4.79 Å². The molecule has 1 aliphatic rings. The van der Waals surface area contributed by atoms with Crippen LogP contribution in [0.1, 0.15) is 18.5 Å². The normalized spacial score (nSPS) is 18.5. The number of hydrogen-bond donors (Lipinski definition) is 2. The minimum atomic E-state index is -0.117. The second-order valence-corrected chi connectivity index (χ2v) is 5.90. The molecule has 2 amide bonds. The van der Waals surface area contributed by atoms with Gasteiger partial charge in [0.1, 0.15) is 0 Å². The molecule has 1 aromatic carbocycles. The maximum absolute atomic E-state index is 12.5. The number of aliphatic hydroxyl groups excluding tert-OH is 1. The molecule has 1 aromatic heterocycles. The van der Waals surface area contributed by atoms with Gasteiger partial charge in [0.15, 0.2) is 0 Å². The lowest BCUT2D eigenvalue weighted by molar-refractivity contribution is 0.136. The molecule has 5 nitrogen and oxygen atoms in total. The van der Waals surface area contributed by atoms with Crippen molar-refractivity contribution in [3.05, 3.63) is 36.0 Å².